The molecule has 2 amide bonds. The summed E-state index contributed by atoms with van der Waals surface area (Å²) in [6.45, 7) is 2.30. The third-order valence-corrected chi connectivity index (χ3v) is 7.97. The van der Waals surface area contributed by atoms with Crippen molar-refractivity contribution in [2.75, 3.05) is 36.8 Å². The van der Waals surface area contributed by atoms with Crippen molar-refractivity contribution >= 4 is 29.3 Å². The Bertz CT molecular complexity index is 1260. The highest BCUT2D eigenvalue weighted by molar-refractivity contribution is 8.00. The number of anilines is 1. The molecule has 2 aliphatic heterocycles. The van der Waals surface area contributed by atoms with E-state index in [1.165, 1.54) is 6.07 Å². The van der Waals surface area contributed by atoms with Gasteiger partial charge in [0.2, 0.25) is 5.91 Å². The molecular formula is C28H26F3N3O2S. The first kappa shape index (κ1) is 25.2. The molecule has 2 fully saturated rings. The molecule has 1 atom stereocenters. The molecular weight excluding hydrogens is 499 g/mol. The van der Waals surface area contributed by atoms with Gasteiger partial charge in [-0.1, -0.05) is 48.5 Å². The van der Waals surface area contributed by atoms with E-state index in [2.05, 4.69) is 0 Å². The van der Waals surface area contributed by atoms with Gasteiger partial charge < -0.3 is 14.7 Å². The number of thioether (sulfide) groups is 1. The van der Waals surface area contributed by atoms with Crippen molar-refractivity contribution in [3.63, 3.8) is 0 Å². The van der Waals surface area contributed by atoms with E-state index in [0.29, 0.717) is 49.7 Å². The van der Waals surface area contributed by atoms with Gasteiger partial charge >= 0.3 is 6.18 Å². The molecule has 0 bridgehead atoms. The van der Waals surface area contributed by atoms with Crippen molar-refractivity contribution in [1.82, 2.24) is 9.80 Å². The fourth-order valence-corrected chi connectivity index (χ4v) is 5.89. The minimum absolute atomic E-state index is 0.0950. The highest BCUT2D eigenvalue weighted by atomic mass is 32.2. The minimum Gasteiger partial charge on any atom is -0.368 e. The Labute approximate surface area is 217 Å². The van der Waals surface area contributed by atoms with Crippen LogP contribution in [0.3, 0.4) is 0 Å². The smallest absolute Gasteiger partial charge is 0.368 e. The Kier molecular flexibility index (Phi) is 7.15. The van der Waals surface area contributed by atoms with Crippen LogP contribution in [0.15, 0.2) is 78.9 Å². The van der Waals surface area contributed by atoms with Crippen LogP contribution in [0.4, 0.5) is 18.9 Å². The first-order chi connectivity index (χ1) is 17.8. The number of nitrogens with zero attached hydrogens (tertiary/aromatic N) is 3. The lowest BCUT2D eigenvalue weighted by molar-refractivity contribution is -0.137. The first-order valence-corrected chi connectivity index (χ1v) is 13.1. The molecule has 192 valence electrons. The highest BCUT2D eigenvalue weighted by Crippen LogP contribution is 2.39. The Morgan fingerprint density at radius 2 is 1.59 bits per heavy atom. The van der Waals surface area contributed by atoms with Gasteiger partial charge in [-0.25, -0.2) is 0 Å². The molecule has 5 nitrogen and oxygen atoms in total. The number of halogens is 3. The van der Waals surface area contributed by atoms with Crippen LogP contribution in [-0.4, -0.2) is 53.5 Å². The van der Waals surface area contributed by atoms with Crippen LogP contribution in [0.2, 0.25) is 0 Å². The quantitative estimate of drug-likeness (QED) is 0.445. The van der Waals surface area contributed by atoms with Crippen molar-refractivity contribution in [3.8, 4) is 0 Å². The van der Waals surface area contributed by atoms with Crippen LogP contribution in [0.5, 0.6) is 0 Å². The molecule has 5 rings (SSSR count). The van der Waals surface area contributed by atoms with Crippen molar-refractivity contribution < 1.29 is 22.8 Å². The predicted molar refractivity (Wildman–Crippen MR) is 138 cm³/mol. The van der Waals surface area contributed by atoms with Gasteiger partial charge in [-0.2, -0.15) is 13.2 Å². The fraction of sp³-hybridized carbons (Fsp3) is 0.286. The number of carbonyl (C=O) groups excluding carboxylic acids is 2. The lowest BCUT2D eigenvalue weighted by Crippen LogP contribution is -2.48. The number of amides is 2. The largest absolute Gasteiger partial charge is 0.416 e. The second-order valence-corrected chi connectivity index (χ2v) is 10.2. The summed E-state index contributed by atoms with van der Waals surface area (Å²) in [7, 11) is 0. The summed E-state index contributed by atoms with van der Waals surface area (Å²) >= 11 is 1.58. The molecule has 0 aliphatic carbocycles. The van der Waals surface area contributed by atoms with E-state index in [0.717, 1.165) is 23.3 Å². The summed E-state index contributed by atoms with van der Waals surface area (Å²) in [5.74, 6) is 0.415. The fourth-order valence-electron chi connectivity index (χ4n) is 4.70. The summed E-state index contributed by atoms with van der Waals surface area (Å²) in [4.78, 5) is 31.1. The van der Waals surface area contributed by atoms with E-state index in [4.69, 9.17) is 0 Å². The number of rotatable bonds is 5. The van der Waals surface area contributed by atoms with Gasteiger partial charge in [0.15, 0.2) is 0 Å². The van der Waals surface area contributed by atoms with Crippen LogP contribution >= 0.6 is 11.8 Å². The maximum absolute atomic E-state index is 13.1. The van der Waals surface area contributed by atoms with Crippen LogP contribution in [-0.2, 0) is 17.5 Å². The molecule has 3 aromatic rings. The number of benzene rings is 3. The van der Waals surface area contributed by atoms with E-state index in [1.54, 1.807) is 34.9 Å². The number of alkyl halides is 3. The number of hydrogen-bond donors (Lipinski definition) is 0. The Balaban J connectivity index is 1.21. The van der Waals surface area contributed by atoms with E-state index >= 15 is 0 Å². The summed E-state index contributed by atoms with van der Waals surface area (Å²) in [5.41, 5.74) is 2.43. The standard InChI is InChI=1S/C28H26F3N3O2S/c29-28(30,31)23-7-4-8-24(17-23)32-13-15-33(16-14-32)26(36)21-9-11-22(12-10-21)27-34(25(35)19-37-27)18-20-5-2-1-3-6-20/h1-12,17,27H,13-16,18-19H2/t27-/m1/s1. The van der Waals surface area contributed by atoms with Crippen LogP contribution < -0.4 is 4.90 Å². The van der Waals surface area contributed by atoms with Crippen LogP contribution in [0.25, 0.3) is 0 Å². The first-order valence-electron chi connectivity index (χ1n) is 12.1. The second-order valence-electron chi connectivity index (χ2n) is 9.12. The zero-order valence-corrected chi connectivity index (χ0v) is 20.8. The summed E-state index contributed by atoms with van der Waals surface area (Å²) in [6, 6.07) is 22.5. The number of carbonyl (C=O) groups is 2. The van der Waals surface area contributed by atoms with Gasteiger partial charge in [-0.3, -0.25) is 9.59 Å². The topological polar surface area (TPSA) is 43.9 Å². The number of hydrogen-bond acceptors (Lipinski definition) is 4. The van der Waals surface area contributed by atoms with Crippen LogP contribution in [0.1, 0.15) is 32.4 Å². The molecule has 37 heavy (non-hydrogen) atoms. The van der Waals surface area contributed by atoms with Gasteiger partial charge in [-0.05, 0) is 41.5 Å². The predicted octanol–water partition coefficient (Wildman–Crippen LogP) is 5.44. The lowest BCUT2D eigenvalue weighted by atomic mass is 10.1. The van der Waals surface area contributed by atoms with E-state index in [9.17, 15) is 22.8 Å². The average molecular weight is 526 g/mol. The zero-order valence-electron chi connectivity index (χ0n) is 20.0. The Morgan fingerprint density at radius 3 is 2.27 bits per heavy atom. The van der Waals surface area contributed by atoms with E-state index in [1.807, 2.05) is 52.3 Å². The average Bonchev–Trinajstić information content (AvgIpc) is 3.28. The second kappa shape index (κ2) is 10.5. The Hall–Kier alpha value is -3.46. The molecule has 0 N–H and O–H groups in total. The summed E-state index contributed by atoms with van der Waals surface area (Å²) in [6.07, 6.45) is -4.39. The van der Waals surface area contributed by atoms with Gasteiger partial charge in [0.25, 0.3) is 5.91 Å². The molecule has 0 aromatic heterocycles. The normalized spacial score (nSPS) is 18.4. The number of piperazine rings is 1. The van der Waals surface area contributed by atoms with Crippen molar-refractivity contribution in [1.29, 1.82) is 0 Å². The van der Waals surface area contributed by atoms with Crippen molar-refractivity contribution in [2.24, 2.45) is 0 Å². The Morgan fingerprint density at radius 1 is 0.892 bits per heavy atom. The molecule has 2 saturated heterocycles. The van der Waals surface area contributed by atoms with Crippen molar-refractivity contribution in [3.05, 3.63) is 101 Å². The zero-order chi connectivity index (χ0) is 26.0. The molecule has 0 saturated carbocycles. The highest BCUT2D eigenvalue weighted by Gasteiger charge is 2.33. The third kappa shape index (κ3) is 5.61. The maximum Gasteiger partial charge on any atom is 0.416 e. The molecule has 0 radical (unpaired) electrons. The molecule has 2 heterocycles. The van der Waals surface area contributed by atoms with Gasteiger partial charge in [-0.15, -0.1) is 11.8 Å². The summed E-state index contributed by atoms with van der Waals surface area (Å²) < 4.78 is 39.2. The van der Waals surface area contributed by atoms with E-state index in [-0.39, 0.29) is 17.2 Å². The lowest BCUT2D eigenvalue weighted by Gasteiger charge is -2.36. The monoisotopic (exact) mass is 525 g/mol. The SMILES string of the molecule is O=C(c1ccc([C@H]2SCC(=O)N2Cc2ccccc2)cc1)N1CCN(c2cccc(C(F)(F)F)c2)CC1. The molecule has 0 unspecified atom stereocenters. The summed E-state index contributed by atoms with van der Waals surface area (Å²) in [5, 5.41) is -0.104. The minimum atomic E-state index is -4.39. The third-order valence-electron chi connectivity index (χ3n) is 6.71. The molecule has 2 aliphatic rings. The van der Waals surface area contributed by atoms with Gasteiger partial charge in [0.1, 0.15) is 5.37 Å². The molecule has 3 aromatic carbocycles. The van der Waals surface area contributed by atoms with Gasteiger partial charge in [0.05, 0.1) is 11.3 Å². The molecule has 0 spiro atoms. The maximum atomic E-state index is 13.1. The van der Waals surface area contributed by atoms with Crippen molar-refractivity contribution in [2.45, 2.75) is 18.1 Å². The van der Waals surface area contributed by atoms with Gasteiger partial charge in [0, 0.05) is 44.0 Å². The van der Waals surface area contributed by atoms with E-state index < -0.39 is 11.7 Å². The van der Waals surface area contributed by atoms with Crippen LogP contribution in [0, 0.1) is 0 Å². The molecule has 9 heteroatoms.